The third kappa shape index (κ3) is 3.08. The van der Waals surface area contributed by atoms with E-state index in [9.17, 15) is 9.59 Å². The molecule has 2 heterocycles. The van der Waals surface area contributed by atoms with Gasteiger partial charge in [0.15, 0.2) is 11.6 Å². The SMILES string of the molecule is Cc1nn(-c2ccccc2)c(C)c1/C=N\NC(=O)C1=NNC(=O)[C@H]1C#N. The summed E-state index contributed by atoms with van der Waals surface area (Å²) in [5, 5.41) is 20.9. The highest BCUT2D eigenvalue weighted by molar-refractivity contribution is 6.45. The van der Waals surface area contributed by atoms with Crippen molar-refractivity contribution in [2.24, 2.45) is 16.1 Å². The van der Waals surface area contributed by atoms with E-state index in [1.807, 2.05) is 44.2 Å². The summed E-state index contributed by atoms with van der Waals surface area (Å²) in [7, 11) is 0. The van der Waals surface area contributed by atoms with Crippen LogP contribution in [-0.4, -0.2) is 33.5 Å². The van der Waals surface area contributed by atoms with Crippen molar-refractivity contribution in [1.29, 1.82) is 5.26 Å². The van der Waals surface area contributed by atoms with Crippen LogP contribution in [0.3, 0.4) is 0 Å². The summed E-state index contributed by atoms with van der Waals surface area (Å²) in [4.78, 5) is 23.4. The van der Waals surface area contributed by atoms with Crippen molar-refractivity contribution in [2.75, 3.05) is 0 Å². The number of aryl methyl sites for hydroxylation is 1. The highest BCUT2D eigenvalue weighted by Gasteiger charge is 2.34. The Hall–Kier alpha value is -3.80. The van der Waals surface area contributed by atoms with Crippen LogP contribution in [0.15, 0.2) is 40.5 Å². The van der Waals surface area contributed by atoms with Gasteiger partial charge < -0.3 is 0 Å². The van der Waals surface area contributed by atoms with Gasteiger partial charge in [0, 0.05) is 5.56 Å². The van der Waals surface area contributed by atoms with Crippen molar-refractivity contribution < 1.29 is 9.59 Å². The van der Waals surface area contributed by atoms with Gasteiger partial charge in [-0.3, -0.25) is 9.59 Å². The summed E-state index contributed by atoms with van der Waals surface area (Å²) in [6, 6.07) is 11.4. The van der Waals surface area contributed by atoms with Gasteiger partial charge in [-0.05, 0) is 26.0 Å². The fraction of sp³-hybridized carbons (Fsp3) is 0.176. The molecule has 0 saturated heterocycles. The molecule has 1 aromatic heterocycles. The van der Waals surface area contributed by atoms with Crippen molar-refractivity contribution >= 4 is 23.7 Å². The number of benzene rings is 1. The van der Waals surface area contributed by atoms with Crippen molar-refractivity contribution in [3.8, 4) is 11.8 Å². The number of hydrogen-bond acceptors (Lipinski definition) is 6. The van der Waals surface area contributed by atoms with Gasteiger partial charge in [-0.1, -0.05) is 18.2 Å². The molecule has 0 saturated carbocycles. The van der Waals surface area contributed by atoms with E-state index in [4.69, 9.17) is 5.26 Å². The van der Waals surface area contributed by atoms with Crippen molar-refractivity contribution in [3.05, 3.63) is 47.3 Å². The minimum atomic E-state index is -1.23. The molecule has 2 amide bonds. The van der Waals surface area contributed by atoms with E-state index in [0.29, 0.717) is 0 Å². The number of carbonyl (C=O) groups excluding carboxylic acids is 2. The second-order valence-electron chi connectivity index (χ2n) is 5.57. The summed E-state index contributed by atoms with van der Waals surface area (Å²) < 4.78 is 1.79. The molecule has 9 nitrogen and oxygen atoms in total. The highest BCUT2D eigenvalue weighted by Crippen LogP contribution is 2.16. The molecule has 2 aromatic rings. The number of nitrogens with zero attached hydrogens (tertiary/aromatic N) is 5. The lowest BCUT2D eigenvalue weighted by Crippen LogP contribution is -2.33. The minimum Gasteiger partial charge on any atom is -0.271 e. The van der Waals surface area contributed by atoms with Crippen LogP contribution in [0, 0.1) is 31.1 Å². The summed E-state index contributed by atoms with van der Waals surface area (Å²) in [5.74, 6) is -2.57. The maximum Gasteiger partial charge on any atom is 0.289 e. The van der Waals surface area contributed by atoms with Crippen LogP contribution in [0.2, 0.25) is 0 Å². The molecule has 0 radical (unpaired) electrons. The maximum absolute atomic E-state index is 12.0. The van der Waals surface area contributed by atoms with Crippen LogP contribution in [0.5, 0.6) is 0 Å². The maximum atomic E-state index is 12.0. The first-order valence-electron chi connectivity index (χ1n) is 7.75. The summed E-state index contributed by atoms with van der Waals surface area (Å²) in [6.45, 7) is 3.73. The Bertz CT molecular complexity index is 967. The molecule has 0 fully saturated rings. The molecule has 1 atom stereocenters. The molecule has 26 heavy (non-hydrogen) atoms. The molecule has 1 aliphatic heterocycles. The van der Waals surface area contributed by atoms with Crippen LogP contribution >= 0.6 is 0 Å². The molecular weight excluding hydrogens is 334 g/mol. The highest BCUT2D eigenvalue weighted by atomic mass is 16.2. The monoisotopic (exact) mass is 349 g/mol. The van der Waals surface area contributed by atoms with Gasteiger partial charge in [-0.2, -0.15) is 20.6 Å². The molecule has 0 bridgehead atoms. The molecule has 1 aliphatic rings. The van der Waals surface area contributed by atoms with Gasteiger partial charge in [-0.25, -0.2) is 15.5 Å². The van der Waals surface area contributed by atoms with Crippen molar-refractivity contribution in [3.63, 3.8) is 0 Å². The van der Waals surface area contributed by atoms with Crippen LogP contribution in [0.4, 0.5) is 0 Å². The fourth-order valence-corrected chi connectivity index (χ4v) is 2.55. The first kappa shape index (κ1) is 17.0. The van der Waals surface area contributed by atoms with E-state index >= 15 is 0 Å². The van der Waals surface area contributed by atoms with E-state index < -0.39 is 17.7 Å². The number of nitriles is 1. The molecule has 0 spiro atoms. The number of aromatic nitrogens is 2. The fourth-order valence-electron chi connectivity index (χ4n) is 2.55. The molecule has 3 rings (SSSR count). The normalized spacial score (nSPS) is 16.3. The lowest BCUT2D eigenvalue weighted by molar-refractivity contribution is -0.121. The Kier molecular flexibility index (Phi) is 4.57. The number of para-hydroxylation sites is 1. The Morgan fingerprint density at radius 1 is 1.38 bits per heavy atom. The Morgan fingerprint density at radius 3 is 2.81 bits per heavy atom. The molecule has 130 valence electrons. The van der Waals surface area contributed by atoms with Gasteiger partial charge in [0.1, 0.15) is 0 Å². The van der Waals surface area contributed by atoms with Crippen LogP contribution in [0.1, 0.15) is 17.0 Å². The second-order valence-corrected chi connectivity index (χ2v) is 5.57. The van der Waals surface area contributed by atoms with Gasteiger partial charge in [0.05, 0.1) is 29.4 Å². The first-order valence-corrected chi connectivity index (χ1v) is 7.75. The van der Waals surface area contributed by atoms with Crippen LogP contribution in [-0.2, 0) is 9.59 Å². The number of rotatable bonds is 4. The Balaban J connectivity index is 1.76. The zero-order chi connectivity index (χ0) is 18.7. The number of amides is 2. The van der Waals surface area contributed by atoms with Crippen LogP contribution < -0.4 is 10.9 Å². The van der Waals surface area contributed by atoms with Gasteiger partial charge in [0.2, 0.25) is 0 Å². The molecule has 2 N–H and O–H groups in total. The van der Waals surface area contributed by atoms with Gasteiger partial charge in [-0.15, -0.1) is 0 Å². The van der Waals surface area contributed by atoms with Gasteiger partial charge in [0.25, 0.3) is 11.8 Å². The number of hydrazone groups is 2. The Morgan fingerprint density at radius 2 is 2.12 bits per heavy atom. The Labute approximate surface area is 149 Å². The largest absolute Gasteiger partial charge is 0.289 e. The van der Waals surface area contributed by atoms with Gasteiger partial charge >= 0.3 is 0 Å². The molecule has 0 aliphatic carbocycles. The third-order valence-corrected chi connectivity index (χ3v) is 3.89. The van der Waals surface area contributed by atoms with Crippen LogP contribution in [0.25, 0.3) is 5.69 Å². The van der Waals surface area contributed by atoms with E-state index in [1.165, 1.54) is 6.21 Å². The third-order valence-electron chi connectivity index (χ3n) is 3.89. The van der Waals surface area contributed by atoms with E-state index in [1.54, 1.807) is 10.8 Å². The summed E-state index contributed by atoms with van der Waals surface area (Å²) >= 11 is 0. The van der Waals surface area contributed by atoms with E-state index in [2.05, 4.69) is 26.2 Å². The average molecular weight is 349 g/mol. The zero-order valence-electron chi connectivity index (χ0n) is 14.1. The lowest BCUT2D eigenvalue weighted by Gasteiger charge is -2.03. The lowest BCUT2D eigenvalue weighted by atomic mass is 10.1. The smallest absolute Gasteiger partial charge is 0.271 e. The second kappa shape index (κ2) is 6.98. The predicted octanol–water partition coefficient (Wildman–Crippen LogP) is 0.565. The van der Waals surface area contributed by atoms with Crippen molar-refractivity contribution in [2.45, 2.75) is 13.8 Å². The molecule has 1 aromatic carbocycles. The molecule has 0 unspecified atom stereocenters. The number of hydrogen-bond donors (Lipinski definition) is 2. The average Bonchev–Trinajstić information content (AvgIpc) is 3.16. The standard InChI is InChI=1S/C17H15N7O2/c1-10-14(11(2)24(23-10)12-6-4-3-5-7-12)9-19-21-17(26)15-13(8-18)16(25)22-20-15/h3-7,9,13H,1-2H3,(H,21,26)(H,22,25)/b19-9-/t13-/m0/s1. The first-order chi connectivity index (χ1) is 12.5. The quantitative estimate of drug-likeness (QED) is 0.618. The van der Waals surface area contributed by atoms with E-state index in [-0.39, 0.29) is 5.71 Å². The topological polar surface area (TPSA) is 125 Å². The van der Waals surface area contributed by atoms with E-state index in [0.717, 1.165) is 22.6 Å². The molecular formula is C17H15N7O2. The minimum absolute atomic E-state index is 0.205. The number of nitrogens with one attached hydrogen (secondary N) is 2. The van der Waals surface area contributed by atoms with Crippen molar-refractivity contribution in [1.82, 2.24) is 20.6 Å². The molecule has 9 heteroatoms. The summed E-state index contributed by atoms with van der Waals surface area (Å²) in [5.41, 5.74) is 7.45. The summed E-state index contributed by atoms with van der Waals surface area (Å²) in [6.07, 6.45) is 1.47. The predicted molar refractivity (Wildman–Crippen MR) is 93.5 cm³/mol. The zero-order valence-corrected chi connectivity index (χ0v) is 14.1. The number of carbonyl (C=O) groups is 2.